The molecule has 1 aromatic heterocycles. The number of para-hydroxylation sites is 1. The second kappa shape index (κ2) is 8.51. The number of amides is 1. The second-order valence-electron chi connectivity index (χ2n) is 4.83. The molecule has 2 aromatic rings. The molecule has 1 heterocycles. The van der Waals surface area contributed by atoms with Crippen LogP contribution in [0.15, 0.2) is 48.3 Å². The van der Waals surface area contributed by atoms with Crippen LogP contribution >= 0.6 is 0 Å². The number of rotatable bonds is 7. The summed E-state index contributed by atoms with van der Waals surface area (Å²) in [4.78, 5) is 11.9. The van der Waals surface area contributed by atoms with Gasteiger partial charge >= 0.3 is 0 Å². The average Bonchev–Trinajstić information content (AvgIpc) is 3.06. The fourth-order valence-electron chi connectivity index (χ4n) is 1.96. The highest BCUT2D eigenvalue weighted by Crippen LogP contribution is 2.10. The Kier molecular flexibility index (Phi) is 6.09. The number of aromatic nitrogens is 2. The summed E-state index contributed by atoms with van der Waals surface area (Å²) in [5.41, 5.74) is 1.65. The predicted molar refractivity (Wildman–Crippen MR) is 86.7 cm³/mol. The molecule has 2 rings (SSSR count). The van der Waals surface area contributed by atoms with Crippen LogP contribution in [0.3, 0.4) is 0 Å². The van der Waals surface area contributed by atoms with Gasteiger partial charge in [-0.05, 0) is 24.6 Å². The van der Waals surface area contributed by atoms with E-state index in [1.165, 1.54) is 6.08 Å². The van der Waals surface area contributed by atoms with Gasteiger partial charge in [-0.3, -0.25) is 4.79 Å². The van der Waals surface area contributed by atoms with E-state index in [0.29, 0.717) is 25.1 Å². The van der Waals surface area contributed by atoms with Gasteiger partial charge in [0, 0.05) is 32.0 Å². The molecule has 1 amide bonds. The Balaban J connectivity index is 2.05. The predicted octanol–water partition coefficient (Wildman–Crippen LogP) is 1.93. The highest BCUT2D eigenvalue weighted by Gasteiger charge is 2.09. The highest BCUT2D eigenvalue weighted by atomic mass is 16.5. The third-order valence-corrected chi connectivity index (χ3v) is 3.11. The van der Waals surface area contributed by atoms with Crippen LogP contribution in [0.4, 0.5) is 0 Å². The molecule has 0 aliphatic carbocycles. The van der Waals surface area contributed by atoms with Crippen molar-refractivity contribution >= 4 is 12.0 Å². The molecule has 0 atom stereocenters. The summed E-state index contributed by atoms with van der Waals surface area (Å²) in [5.74, 6) is -0.393. The summed E-state index contributed by atoms with van der Waals surface area (Å²) in [6.45, 7) is 1.03. The summed E-state index contributed by atoms with van der Waals surface area (Å²) >= 11 is 0. The zero-order valence-corrected chi connectivity index (χ0v) is 12.9. The van der Waals surface area contributed by atoms with Gasteiger partial charge in [0.05, 0.1) is 11.9 Å². The fraction of sp³-hybridized carbons (Fsp3) is 0.235. The van der Waals surface area contributed by atoms with E-state index >= 15 is 0 Å². The molecule has 1 aromatic carbocycles. The number of hydrogen-bond acceptors (Lipinski definition) is 4. The summed E-state index contributed by atoms with van der Waals surface area (Å²) in [6.07, 6.45) is 5.61. The Morgan fingerprint density at radius 2 is 2.22 bits per heavy atom. The van der Waals surface area contributed by atoms with E-state index in [1.807, 2.05) is 36.4 Å². The number of ether oxygens (including phenoxy) is 1. The van der Waals surface area contributed by atoms with E-state index in [0.717, 1.165) is 5.69 Å². The minimum Gasteiger partial charge on any atom is -0.385 e. The SMILES string of the molecule is COCCCNC(=O)/C(C#N)=C/c1cnn(-c2ccccc2)c1. The van der Waals surface area contributed by atoms with Gasteiger partial charge in [-0.25, -0.2) is 4.68 Å². The molecular weight excluding hydrogens is 292 g/mol. The lowest BCUT2D eigenvalue weighted by atomic mass is 10.2. The van der Waals surface area contributed by atoms with Gasteiger partial charge in [-0.1, -0.05) is 18.2 Å². The maximum absolute atomic E-state index is 11.9. The number of benzene rings is 1. The second-order valence-corrected chi connectivity index (χ2v) is 4.83. The summed E-state index contributed by atoms with van der Waals surface area (Å²) in [7, 11) is 1.60. The maximum atomic E-state index is 11.9. The molecular formula is C17H18N4O2. The minimum absolute atomic E-state index is 0.0510. The largest absolute Gasteiger partial charge is 0.385 e. The van der Waals surface area contributed by atoms with Crippen molar-refractivity contribution in [2.45, 2.75) is 6.42 Å². The van der Waals surface area contributed by atoms with Crippen molar-refractivity contribution in [1.82, 2.24) is 15.1 Å². The number of nitrogens with one attached hydrogen (secondary N) is 1. The first-order chi connectivity index (χ1) is 11.2. The Morgan fingerprint density at radius 1 is 1.43 bits per heavy atom. The van der Waals surface area contributed by atoms with Crippen LogP contribution in [-0.4, -0.2) is 35.9 Å². The summed E-state index contributed by atoms with van der Waals surface area (Å²) in [5, 5.41) is 16.1. The van der Waals surface area contributed by atoms with Gasteiger partial charge in [0.2, 0.25) is 0 Å². The molecule has 0 bridgehead atoms. The Morgan fingerprint density at radius 3 is 2.91 bits per heavy atom. The van der Waals surface area contributed by atoms with E-state index in [2.05, 4.69) is 10.4 Å². The molecule has 0 unspecified atom stereocenters. The quantitative estimate of drug-likeness (QED) is 0.481. The van der Waals surface area contributed by atoms with E-state index in [-0.39, 0.29) is 5.57 Å². The van der Waals surface area contributed by atoms with Gasteiger partial charge in [0.15, 0.2) is 0 Å². The van der Waals surface area contributed by atoms with Crippen LogP contribution in [0.25, 0.3) is 11.8 Å². The molecule has 1 N–H and O–H groups in total. The topological polar surface area (TPSA) is 79.9 Å². The van der Waals surface area contributed by atoms with Crippen LogP contribution in [0.2, 0.25) is 0 Å². The first-order valence-corrected chi connectivity index (χ1v) is 7.23. The number of carbonyl (C=O) groups excluding carboxylic acids is 1. The highest BCUT2D eigenvalue weighted by molar-refractivity contribution is 6.01. The van der Waals surface area contributed by atoms with Crippen LogP contribution < -0.4 is 5.32 Å². The van der Waals surface area contributed by atoms with Crippen molar-refractivity contribution in [1.29, 1.82) is 5.26 Å². The lowest BCUT2D eigenvalue weighted by Gasteiger charge is -2.03. The number of carbonyl (C=O) groups is 1. The van der Waals surface area contributed by atoms with Crippen molar-refractivity contribution < 1.29 is 9.53 Å². The third-order valence-electron chi connectivity index (χ3n) is 3.11. The lowest BCUT2D eigenvalue weighted by Crippen LogP contribution is -2.26. The molecule has 0 saturated heterocycles. The number of methoxy groups -OCH3 is 1. The normalized spacial score (nSPS) is 11.0. The van der Waals surface area contributed by atoms with E-state index in [9.17, 15) is 4.79 Å². The maximum Gasteiger partial charge on any atom is 0.261 e. The van der Waals surface area contributed by atoms with Crippen molar-refractivity contribution in [3.05, 3.63) is 53.9 Å². The molecule has 0 fully saturated rings. The number of hydrogen-bond donors (Lipinski definition) is 1. The average molecular weight is 310 g/mol. The van der Waals surface area contributed by atoms with Gasteiger partial charge in [-0.15, -0.1) is 0 Å². The third kappa shape index (κ3) is 4.80. The van der Waals surface area contributed by atoms with Crippen LogP contribution in [0, 0.1) is 11.3 Å². The zero-order chi connectivity index (χ0) is 16.5. The standard InChI is InChI=1S/C17H18N4O2/c1-23-9-5-8-19-17(22)15(11-18)10-14-12-20-21(13-14)16-6-3-2-4-7-16/h2-4,6-7,10,12-13H,5,8-9H2,1H3,(H,19,22)/b15-10+. The van der Waals surface area contributed by atoms with Gasteiger partial charge in [-0.2, -0.15) is 10.4 Å². The van der Waals surface area contributed by atoms with E-state index < -0.39 is 5.91 Å². The molecule has 0 saturated carbocycles. The van der Waals surface area contributed by atoms with Crippen molar-refractivity contribution in [3.63, 3.8) is 0 Å². The monoisotopic (exact) mass is 310 g/mol. The Labute approximate surface area is 135 Å². The molecule has 23 heavy (non-hydrogen) atoms. The zero-order valence-electron chi connectivity index (χ0n) is 12.9. The molecule has 0 aliphatic heterocycles. The fourth-order valence-corrected chi connectivity index (χ4v) is 1.96. The van der Waals surface area contributed by atoms with Gasteiger partial charge in [0.25, 0.3) is 5.91 Å². The van der Waals surface area contributed by atoms with E-state index in [1.54, 1.807) is 24.2 Å². The van der Waals surface area contributed by atoms with Gasteiger partial charge < -0.3 is 10.1 Å². The molecule has 0 radical (unpaired) electrons. The molecule has 6 nitrogen and oxygen atoms in total. The smallest absolute Gasteiger partial charge is 0.261 e. The number of nitriles is 1. The lowest BCUT2D eigenvalue weighted by molar-refractivity contribution is -0.117. The van der Waals surface area contributed by atoms with Crippen LogP contribution in [-0.2, 0) is 9.53 Å². The van der Waals surface area contributed by atoms with Crippen LogP contribution in [0.1, 0.15) is 12.0 Å². The Bertz CT molecular complexity index is 714. The van der Waals surface area contributed by atoms with Crippen molar-refractivity contribution in [3.8, 4) is 11.8 Å². The Hall–Kier alpha value is -2.91. The minimum atomic E-state index is -0.393. The molecule has 6 heteroatoms. The van der Waals surface area contributed by atoms with Crippen molar-refractivity contribution in [2.75, 3.05) is 20.3 Å². The van der Waals surface area contributed by atoms with E-state index in [4.69, 9.17) is 10.00 Å². The van der Waals surface area contributed by atoms with Crippen LogP contribution in [0.5, 0.6) is 0 Å². The molecule has 0 aliphatic rings. The molecule has 0 spiro atoms. The summed E-state index contributed by atoms with van der Waals surface area (Å²) in [6, 6.07) is 11.5. The van der Waals surface area contributed by atoms with Gasteiger partial charge in [0.1, 0.15) is 11.6 Å². The number of nitrogens with zero attached hydrogens (tertiary/aromatic N) is 3. The van der Waals surface area contributed by atoms with Crippen molar-refractivity contribution in [2.24, 2.45) is 0 Å². The molecule has 118 valence electrons. The summed E-state index contributed by atoms with van der Waals surface area (Å²) < 4.78 is 6.60. The first-order valence-electron chi connectivity index (χ1n) is 7.23. The first kappa shape index (κ1) is 16.5.